The highest BCUT2D eigenvalue weighted by atomic mass is 32.1. The van der Waals surface area contributed by atoms with E-state index in [-0.39, 0.29) is 29.1 Å². The fraction of sp³-hybridized carbons (Fsp3) is 0.367. The van der Waals surface area contributed by atoms with E-state index in [4.69, 9.17) is 9.72 Å². The molecule has 0 radical (unpaired) electrons. The van der Waals surface area contributed by atoms with Crippen LogP contribution < -0.4 is 5.56 Å². The maximum absolute atomic E-state index is 13.7. The van der Waals surface area contributed by atoms with Gasteiger partial charge >= 0.3 is 0 Å². The van der Waals surface area contributed by atoms with Crippen LogP contribution in [0.4, 0.5) is 8.78 Å². The monoisotopic (exact) mass is 579 g/mol. The summed E-state index contributed by atoms with van der Waals surface area (Å²) in [4.78, 5) is 41.6. The molecule has 6 rings (SSSR count). The van der Waals surface area contributed by atoms with Gasteiger partial charge in [-0.3, -0.25) is 19.4 Å². The average molecular weight is 580 g/mol. The number of hydrogen-bond donors (Lipinski definition) is 1. The minimum absolute atomic E-state index is 0.112. The van der Waals surface area contributed by atoms with Crippen molar-refractivity contribution in [3.05, 3.63) is 97.9 Å². The Hall–Kier alpha value is -3.51. The van der Waals surface area contributed by atoms with Crippen LogP contribution in [0.5, 0.6) is 0 Å². The summed E-state index contributed by atoms with van der Waals surface area (Å²) in [5, 5.41) is 0.468. The topological polar surface area (TPSA) is 81.8 Å². The second-order valence-corrected chi connectivity index (χ2v) is 11.5. The van der Waals surface area contributed by atoms with Gasteiger partial charge in [-0.2, -0.15) is 0 Å². The number of benzene rings is 2. The molecule has 1 N–H and O–H groups in total. The second-order valence-electron chi connectivity index (χ2n) is 10.5. The van der Waals surface area contributed by atoms with Crippen molar-refractivity contribution in [1.82, 2.24) is 24.7 Å². The Morgan fingerprint density at radius 2 is 1.54 bits per heavy atom. The Morgan fingerprint density at radius 3 is 2.12 bits per heavy atom. The minimum Gasteiger partial charge on any atom is -0.379 e. The zero-order valence-electron chi connectivity index (χ0n) is 22.7. The van der Waals surface area contributed by atoms with E-state index in [0.29, 0.717) is 72.4 Å². The smallest absolute Gasteiger partial charge is 0.264 e. The number of carbonyl (C=O) groups is 1. The summed E-state index contributed by atoms with van der Waals surface area (Å²) in [5.41, 5.74) is 2.23. The molecule has 2 fully saturated rings. The van der Waals surface area contributed by atoms with E-state index in [0.717, 1.165) is 24.2 Å². The van der Waals surface area contributed by atoms with E-state index in [2.05, 4.69) is 14.8 Å². The van der Waals surface area contributed by atoms with Crippen molar-refractivity contribution in [3.8, 4) is 0 Å². The lowest BCUT2D eigenvalue weighted by Crippen LogP contribution is -2.49. The highest BCUT2D eigenvalue weighted by molar-refractivity contribution is 7.20. The Kier molecular flexibility index (Phi) is 7.94. The predicted molar refractivity (Wildman–Crippen MR) is 153 cm³/mol. The summed E-state index contributed by atoms with van der Waals surface area (Å²) >= 11 is 1.27. The number of rotatable bonds is 6. The van der Waals surface area contributed by atoms with E-state index in [1.54, 1.807) is 31.2 Å². The second kappa shape index (κ2) is 11.8. The summed E-state index contributed by atoms with van der Waals surface area (Å²) in [6.07, 6.45) is 0. The van der Waals surface area contributed by atoms with Gasteiger partial charge in [0.2, 0.25) is 0 Å². The van der Waals surface area contributed by atoms with Crippen LogP contribution in [0.2, 0.25) is 0 Å². The lowest BCUT2D eigenvalue weighted by Gasteiger charge is -2.39. The van der Waals surface area contributed by atoms with Crippen molar-refractivity contribution in [2.75, 3.05) is 52.5 Å². The SMILES string of the molecule is Cc1c(C(=O)N2CCN(C(c3ccc(F)cc3)c3ccc(F)cc3)CC2)sc2nc(CN3CCOCC3)[nH]c(=O)c12. The molecule has 2 aliphatic rings. The number of nitrogens with one attached hydrogen (secondary N) is 1. The number of H-pyrrole nitrogens is 1. The third-order valence-electron chi connectivity index (χ3n) is 7.86. The Balaban J connectivity index is 1.20. The summed E-state index contributed by atoms with van der Waals surface area (Å²) in [6, 6.07) is 12.5. The standard InChI is InChI=1S/C30H31F2N5O3S/c1-19-25-28(38)33-24(18-35-14-16-40-17-15-35)34-29(25)41-27(19)30(39)37-12-10-36(11-13-37)26(20-2-6-22(31)7-3-20)21-4-8-23(32)9-5-21/h2-9,26H,10-18H2,1H3,(H,33,34,38). The van der Waals surface area contributed by atoms with Crippen molar-refractivity contribution in [3.63, 3.8) is 0 Å². The normalized spacial score (nSPS) is 17.0. The minimum atomic E-state index is -0.317. The van der Waals surface area contributed by atoms with Gasteiger partial charge in [-0.15, -0.1) is 11.3 Å². The lowest BCUT2D eigenvalue weighted by atomic mass is 9.96. The van der Waals surface area contributed by atoms with Crippen LogP contribution >= 0.6 is 11.3 Å². The van der Waals surface area contributed by atoms with E-state index in [9.17, 15) is 18.4 Å². The molecule has 41 heavy (non-hydrogen) atoms. The molecule has 214 valence electrons. The first-order valence-electron chi connectivity index (χ1n) is 13.7. The molecule has 0 bridgehead atoms. The number of morpholine rings is 1. The zero-order chi connectivity index (χ0) is 28.5. The number of nitrogens with zero attached hydrogens (tertiary/aromatic N) is 4. The molecular weight excluding hydrogens is 548 g/mol. The lowest BCUT2D eigenvalue weighted by molar-refractivity contribution is 0.0331. The van der Waals surface area contributed by atoms with Gasteiger partial charge in [0.1, 0.15) is 22.3 Å². The number of thiophene rings is 1. The number of halogens is 2. The largest absolute Gasteiger partial charge is 0.379 e. The molecule has 2 aromatic heterocycles. The molecular formula is C30H31F2N5O3S. The molecule has 2 saturated heterocycles. The van der Waals surface area contributed by atoms with Gasteiger partial charge in [-0.1, -0.05) is 24.3 Å². The molecule has 2 aliphatic heterocycles. The van der Waals surface area contributed by atoms with Crippen LogP contribution in [0.1, 0.15) is 38.2 Å². The molecule has 4 aromatic rings. The molecule has 4 heterocycles. The van der Waals surface area contributed by atoms with Crippen molar-refractivity contribution in [1.29, 1.82) is 0 Å². The number of ether oxygens (including phenoxy) is 1. The van der Waals surface area contributed by atoms with Gasteiger partial charge in [0.15, 0.2) is 0 Å². The highest BCUT2D eigenvalue weighted by Crippen LogP contribution is 2.32. The molecule has 0 atom stereocenters. The molecule has 0 spiro atoms. The van der Waals surface area contributed by atoms with Crippen molar-refractivity contribution >= 4 is 27.5 Å². The van der Waals surface area contributed by atoms with Crippen LogP contribution in [0.25, 0.3) is 10.2 Å². The van der Waals surface area contributed by atoms with Crippen LogP contribution in [-0.2, 0) is 11.3 Å². The molecule has 1 amide bonds. The van der Waals surface area contributed by atoms with E-state index in [1.165, 1.54) is 35.6 Å². The quantitative estimate of drug-likeness (QED) is 0.373. The van der Waals surface area contributed by atoms with Crippen LogP contribution in [0, 0.1) is 18.6 Å². The van der Waals surface area contributed by atoms with E-state index >= 15 is 0 Å². The Morgan fingerprint density at radius 1 is 0.951 bits per heavy atom. The van der Waals surface area contributed by atoms with Gasteiger partial charge in [-0.25, -0.2) is 13.8 Å². The highest BCUT2D eigenvalue weighted by Gasteiger charge is 2.31. The van der Waals surface area contributed by atoms with E-state index in [1.807, 2.05) is 4.90 Å². The molecule has 0 aliphatic carbocycles. The molecule has 11 heteroatoms. The van der Waals surface area contributed by atoms with Gasteiger partial charge in [-0.05, 0) is 47.9 Å². The Labute approximate surface area is 240 Å². The van der Waals surface area contributed by atoms with Crippen LogP contribution in [0.3, 0.4) is 0 Å². The van der Waals surface area contributed by atoms with Gasteiger partial charge in [0, 0.05) is 39.3 Å². The summed E-state index contributed by atoms with van der Waals surface area (Å²) in [5.74, 6) is -0.158. The van der Waals surface area contributed by atoms with Crippen molar-refractivity contribution < 1.29 is 18.3 Å². The fourth-order valence-corrected chi connectivity index (χ4v) is 6.84. The number of hydrogen-bond acceptors (Lipinski definition) is 7. The van der Waals surface area contributed by atoms with Crippen LogP contribution in [-0.4, -0.2) is 83.1 Å². The summed E-state index contributed by atoms with van der Waals surface area (Å²) in [6.45, 7) is 7.34. The first kappa shape index (κ1) is 27.6. The molecule has 0 saturated carbocycles. The molecule has 8 nitrogen and oxygen atoms in total. The van der Waals surface area contributed by atoms with Gasteiger partial charge in [0.25, 0.3) is 11.5 Å². The first-order chi connectivity index (χ1) is 19.9. The predicted octanol–water partition coefficient (Wildman–Crippen LogP) is 3.95. The number of piperazine rings is 1. The number of carbonyl (C=O) groups excluding carboxylic acids is 1. The first-order valence-corrected chi connectivity index (χ1v) is 14.6. The number of aryl methyl sites for hydroxylation is 1. The molecule has 0 unspecified atom stereocenters. The van der Waals surface area contributed by atoms with Gasteiger partial charge < -0.3 is 14.6 Å². The summed E-state index contributed by atoms with van der Waals surface area (Å²) < 4.78 is 32.7. The number of aromatic nitrogens is 2. The van der Waals surface area contributed by atoms with Crippen molar-refractivity contribution in [2.24, 2.45) is 0 Å². The number of amides is 1. The van der Waals surface area contributed by atoms with Crippen LogP contribution in [0.15, 0.2) is 53.3 Å². The average Bonchev–Trinajstić information content (AvgIpc) is 3.32. The number of fused-ring (bicyclic) bond motifs is 1. The maximum atomic E-state index is 13.7. The third-order valence-corrected chi connectivity index (χ3v) is 9.03. The maximum Gasteiger partial charge on any atom is 0.264 e. The fourth-order valence-electron chi connectivity index (χ4n) is 5.67. The van der Waals surface area contributed by atoms with Gasteiger partial charge in [0.05, 0.1) is 36.1 Å². The zero-order valence-corrected chi connectivity index (χ0v) is 23.6. The van der Waals surface area contributed by atoms with E-state index < -0.39 is 0 Å². The molecule has 2 aromatic carbocycles. The third kappa shape index (κ3) is 5.80. The Bertz CT molecular complexity index is 1550. The summed E-state index contributed by atoms with van der Waals surface area (Å²) in [7, 11) is 0. The van der Waals surface area contributed by atoms with Crippen molar-refractivity contribution in [2.45, 2.75) is 19.5 Å². The number of aromatic amines is 1.